The molecular formula is C16H26N2O. The van der Waals surface area contributed by atoms with Crippen molar-refractivity contribution in [2.45, 2.75) is 26.2 Å². The normalized spacial score (nSPS) is 15.4. The van der Waals surface area contributed by atoms with E-state index in [-0.39, 0.29) is 0 Å². The summed E-state index contributed by atoms with van der Waals surface area (Å²) in [7, 11) is 2.19. The molecule has 0 aromatic heterocycles. The first kappa shape index (κ1) is 14.4. The lowest BCUT2D eigenvalue weighted by molar-refractivity contribution is 0.277. The van der Waals surface area contributed by atoms with E-state index in [1.165, 1.54) is 11.1 Å². The largest absolute Gasteiger partial charge is 0.493 e. The molecular weight excluding hydrogens is 236 g/mol. The van der Waals surface area contributed by atoms with E-state index in [2.05, 4.69) is 37.1 Å². The van der Waals surface area contributed by atoms with Crippen molar-refractivity contribution < 1.29 is 4.74 Å². The zero-order chi connectivity index (χ0) is 13.7. The lowest BCUT2D eigenvalue weighted by Crippen LogP contribution is -2.31. The molecule has 3 heteroatoms. The van der Waals surface area contributed by atoms with Crippen LogP contribution in [0.4, 0.5) is 0 Å². The highest BCUT2D eigenvalue weighted by Gasteiger charge is 2.12. The molecule has 0 aliphatic carbocycles. The van der Waals surface area contributed by atoms with E-state index in [9.17, 15) is 0 Å². The maximum Gasteiger partial charge on any atom is 0.122 e. The summed E-state index contributed by atoms with van der Waals surface area (Å²) in [4.78, 5) is 2.39. The molecule has 1 atom stereocenters. The van der Waals surface area contributed by atoms with Gasteiger partial charge in [-0.3, -0.25) is 0 Å². The molecule has 0 bridgehead atoms. The second-order valence-corrected chi connectivity index (χ2v) is 5.56. The average molecular weight is 262 g/mol. The minimum Gasteiger partial charge on any atom is -0.493 e. The Bertz CT molecular complexity index is 402. The van der Waals surface area contributed by atoms with Gasteiger partial charge in [-0.15, -0.1) is 0 Å². The highest BCUT2D eigenvalue weighted by atomic mass is 16.5. The predicted octanol–water partition coefficient (Wildman–Crippen LogP) is 2.08. The smallest absolute Gasteiger partial charge is 0.122 e. The van der Waals surface area contributed by atoms with Gasteiger partial charge in [0.2, 0.25) is 0 Å². The summed E-state index contributed by atoms with van der Waals surface area (Å²) in [5.74, 6) is 1.70. The van der Waals surface area contributed by atoms with E-state index in [0.29, 0.717) is 5.92 Å². The second-order valence-electron chi connectivity index (χ2n) is 5.56. The molecule has 0 radical (unpaired) electrons. The zero-order valence-electron chi connectivity index (χ0n) is 12.2. The van der Waals surface area contributed by atoms with E-state index >= 15 is 0 Å². The van der Waals surface area contributed by atoms with Gasteiger partial charge in [-0.05, 0) is 43.1 Å². The average Bonchev–Trinajstić information content (AvgIpc) is 2.89. The van der Waals surface area contributed by atoms with Gasteiger partial charge in [-0.25, -0.2) is 0 Å². The Morgan fingerprint density at radius 3 is 3.00 bits per heavy atom. The molecule has 0 fully saturated rings. The maximum atomic E-state index is 5.76. The Morgan fingerprint density at radius 1 is 1.42 bits per heavy atom. The van der Waals surface area contributed by atoms with Crippen LogP contribution in [0.5, 0.6) is 5.75 Å². The standard InChI is InChI=1S/C16H26N2O/c1-3-13(11-17)12-18(2)8-6-14-4-5-16-15(10-14)7-9-19-16/h4-5,10,13H,3,6-9,11-12,17H2,1-2H3. The van der Waals surface area contributed by atoms with E-state index in [4.69, 9.17) is 10.5 Å². The van der Waals surface area contributed by atoms with Crippen LogP contribution in [0.3, 0.4) is 0 Å². The van der Waals surface area contributed by atoms with E-state index in [1.807, 2.05) is 0 Å². The summed E-state index contributed by atoms with van der Waals surface area (Å²) in [5, 5.41) is 0. The summed E-state index contributed by atoms with van der Waals surface area (Å²) < 4.78 is 5.54. The minimum atomic E-state index is 0.624. The van der Waals surface area contributed by atoms with Crippen molar-refractivity contribution in [3.8, 4) is 5.75 Å². The first-order valence-electron chi connectivity index (χ1n) is 7.36. The number of nitrogens with zero attached hydrogens (tertiary/aromatic N) is 1. The van der Waals surface area contributed by atoms with Gasteiger partial charge in [0.25, 0.3) is 0 Å². The Labute approximate surface area is 116 Å². The van der Waals surface area contributed by atoms with Crippen LogP contribution >= 0.6 is 0 Å². The number of likely N-dealkylation sites (N-methyl/N-ethyl adjacent to an activating group) is 1. The highest BCUT2D eigenvalue weighted by molar-refractivity contribution is 5.39. The molecule has 1 aliphatic heterocycles. The SMILES string of the molecule is CCC(CN)CN(C)CCc1ccc2c(c1)CCO2. The first-order valence-corrected chi connectivity index (χ1v) is 7.36. The molecule has 1 aromatic rings. The number of rotatable bonds is 7. The van der Waals surface area contributed by atoms with Gasteiger partial charge in [-0.2, -0.15) is 0 Å². The number of ether oxygens (including phenoxy) is 1. The molecule has 1 aliphatic rings. The van der Waals surface area contributed by atoms with Gasteiger partial charge in [0.1, 0.15) is 5.75 Å². The quantitative estimate of drug-likeness (QED) is 0.817. The fourth-order valence-corrected chi connectivity index (χ4v) is 2.62. The third-order valence-electron chi connectivity index (χ3n) is 4.02. The van der Waals surface area contributed by atoms with Crippen LogP contribution in [0.15, 0.2) is 18.2 Å². The highest BCUT2D eigenvalue weighted by Crippen LogP contribution is 2.26. The van der Waals surface area contributed by atoms with Gasteiger partial charge < -0.3 is 15.4 Å². The molecule has 19 heavy (non-hydrogen) atoms. The maximum absolute atomic E-state index is 5.76. The van der Waals surface area contributed by atoms with Gasteiger partial charge >= 0.3 is 0 Å². The number of benzene rings is 1. The molecule has 1 aromatic carbocycles. The van der Waals surface area contributed by atoms with Crippen molar-refractivity contribution in [1.29, 1.82) is 0 Å². The van der Waals surface area contributed by atoms with Crippen molar-refractivity contribution in [2.24, 2.45) is 11.7 Å². The zero-order valence-corrected chi connectivity index (χ0v) is 12.2. The first-order chi connectivity index (χ1) is 9.22. The van der Waals surface area contributed by atoms with Crippen molar-refractivity contribution in [3.63, 3.8) is 0 Å². The third-order valence-corrected chi connectivity index (χ3v) is 4.02. The van der Waals surface area contributed by atoms with Crippen molar-refractivity contribution in [2.75, 3.05) is 33.3 Å². The van der Waals surface area contributed by atoms with E-state index in [1.54, 1.807) is 0 Å². The van der Waals surface area contributed by atoms with Gasteiger partial charge in [-0.1, -0.05) is 25.5 Å². The van der Waals surface area contributed by atoms with Gasteiger partial charge in [0.15, 0.2) is 0 Å². The molecule has 1 heterocycles. The van der Waals surface area contributed by atoms with Crippen LogP contribution in [-0.4, -0.2) is 38.2 Å². The Kier molecular flexibility index (Phi) is 5.23. The molecule has 3 nitrogen and oxygen atoms in total. The molecule has 0 saturated carbocycles. The van der Waals surface area contributed by atoms with Crippen molar-refractivity contribution in [1.82, 2.24) is 4.90 Å². The molecule has 2 N–H and O–H groups in total. The fourth-order valence-electron chi connectivity index (χ4n) is 2.62. The van der Waals surface area contributed by atoms with Crippen LogP contribution in [0.2, 0.25) is 0 Å². The molecule has 1 unspecified atom stereocenters. The molecule has 0 spiro atoms. The molecule has 0 amide bonds. The Balaban J connectivity index is 1.81. The molecule has 2 rings (SSSR count). The van der Waals surface area contributed by atoms with E-state index < -0.39 is 0 Å². The number of hydrogen-bond donors (Lipinski definition) is 1. The summed E-state index contributed by atoms with van der Waals surface area (Å²) >= 11 is 0. The van der Waals surface area contributed by atoms with Crippen LogP contribution in [-0.2, 0) is 12.8 Å². The third kappa shape index (κ3) is 3.95. The summed E-state index contributed by atoms with van der Waals surface area (Å²) in [6.07, 6.45) is 3.33. The molecule has 106 valence electrons. The van der Waals surface area contributed by atoms with Crippen LogP contribution in [0.1, 0.15) is 24.5 Å². The van der Waals surface area contributed by atoms with Crippen LogP contribution in [0.25, 0.3) is 0 Å². The van der Waals surface area contributed by atoms with Crippen LogP contribution < -0.4 is 10.5 Å². The summed E-state index contributed by atoms with van der Waals surface area (Å²) in [6, 6.07) is 6.61. The van der Waals surface area contributed by atoms with Gasteiger partial charge in [0.05, 0.1) is 6.61 Å². The summed E-state index contributed by atoms with van der Waals surface area (Å²) in [6.45, 7) is 6.04. The predicted molar refractivity (Wildman–Crippen MR) is 79.7 cm³/mol. The lowest BCUT2D eigenvalue weighted by atomic mass is 10.0. The van der Waals surface area contributed by atoms with Crippen molar-refractivity contribution in [3.05, 3.63) is 29.3 Å². The topological polar surface area (TPSA) is 38.5 Å². The Morgan fingerprint density at radius 2 is 2.26 bits per heavy atom. The molecule has 0 saturated heterocycles. The number of nitrogens with two attached hydrogens (primary N) is 1. The summed E-state index contributed by atoms with van der Waals surface area (Å²) in [5.41, 5.74) is 8.54. The number of hydrogen-bond acceptors (Lipinski definition) is 3. The Hall–Kier alpha value is -1.06. The second kappa shape index (κ2) is 6.92. The minimum absolute atomic E-state index is 0.624. The van der Waals surface area contributed by atoms with Gasteiger partial charge in [0, 0.05) is 19.5 Å². The van der Waals surface area contributed by atoms with E-state index in [0.717, 1.165) is 51.3 Å². The fraction of sp³-hybridized carbons (Fsp3) is 0.625. The monoisotopic (exact) mass is 262 g/mol. The van der Waals surface area contributed by atoms with Crippen LogP contribution in [0, 0.1) is 5.92 Å². The lowest BCUT2D eigenvalue weighted by Gasteiger charge is -2.22. The number of fused-ring (bicyclic) bond motifs is 1. The van der Waals surface area contributed by atoms with Crippen molar-refractivity contribution >= 4 is 0 Å².